The highest BCUT2D eigenvalue weighted by molar-refractivity contribution is 9.10. The van der Waals surface area contributed by atoms with Crippen molar-refractivity contribution in [3.8, 4) is 0 Å². The van der Waals surface area contributed by atoms with Gasteiger partial charge >= 0.3 is 13.2 Å². The first-order chi connectivity index (χ1) is 9.23. The smallest absolute Gasteiger partial charge is 0.316 e. The average molecular weight is 364 g/mol. The summed E-state index contributed by atoms with van der Waals surface area (Å²) in [6, 6.07) is 6.93. The molecule has 1 aromatic rings. The van der Waals surface area contributed by atoms with E-state index in [1.807, 2.05) is 0 Å². The number of anilines is 1. The highest BCUT2D eigenvalue weighted by Crippen LogP contribution is 2.51. The van der Waals surface area contributed by atoms with Crippen molar-refractivity contribution in [3.05, 3.63) is 28.7 Å². The summed E-state index contributed by atoms with van der Waals surface area (Å²) in [6.45, 7) is 6.79. The van der Waals surface area contributed by atoms with Crippen LogP contribution in [0.1, 0.15) is 27.7 Å². The zero-order valence-electron chi connectivity index (χ0n) is 11.9. The molecule has 0 atom stereocenters. The summed E-state index contributed by atoms with van der Waals surface area (Å²) in [7, 11) is -3.86. The monoisotopic (exact) mass is 363 g/mol. The Morgan fingerprint density at radius 3 is 1.95 bits per heavy atom. The van der Waals surface area contributed by atoms with Crippen LogP contribution in [0.25, 0.3) is 0 Å². The summed E-state index contributed by atoms with van der Waals surface area (Å²) < 4.78 is 23.9. The van der Waals surface area contributed by atoms with Gasteiger partial charge in [0.25, 0.3) is 0 Å². The van der Waals surface area contributed by atoms with Gasteiger partial charge in [-0.1, -0.05) is 15.9 Å². The number of amides is 1. The summed E-state index contributed by atoms with van der Waals surface area (Å²) in [6.07, 6.45) is -0.759. The molecule has 1 amide bonds. The number of nitrogens with one attached hydrogen (secondary N) is 1. The summed E-state index contributed by atoms with van der Waals surface area (Å²) in [5.74, 6) is 0. The fourth-order valence-electron chi connectivity index (χ4n) is 1.40. The maximum absolute atomic E-state index is 12.5. The van der Waals surface area contributed by atoms with E-state index in [9.17, 15) is 9.36 Å². The maximum atomic E-state index is 12.5. The topological polar surface area (TPSA) is 64.6 Å². The molecule has 7 heteroatoms. The standard InChI is InChI=1S/C13H19BrNO4P/c1-9(2)18-20(17,19-10(3)4)13(16)15-12-7-5-11(14)6-8-12/h5-10H,1-4H3,(H,15,16). The lowest BCUT2D eigenvalue weighted by Gasteiger charge is -2.21. The van der Waals surface area contributed by atoms with Crippen LogP contribution in [0.5, 0.6) is 0 Å². The predicted octanol–water partition coefficient (Wildman–Crippen LogP) is 5.02. The van der Waals surface area contributed by atoms with Gasteiger partial charge < -0.3 is 5.32 Å². The Bertz CT molecular complexity index is 488. The van der Waals surface area contributed by atoms with Crippen LogP contribution in [0.4, 0.5) is 10.5 Å². The number of hydrogen-bond acceptors (Lipinski definition) is 4. The Labute approximate surface area is 127 Å². The lowest BCUT2D eigenvalue weighted by atomic mass is 10.3. The number of benzene rings is 1. The first-order valence-corrected chi connectivity index (χ1v) is 8.60. The Morgan fingerprint density at radius 2 is 1.55 bits per heavy atom. The van der Waals surface area contributed by atoms with E-state index >= 15 is 0 Å². The van der Waals surface area contributed by atoms with E-state index in [1.165, 1.54) is 0 Å². The third kappa shape index (κ3) is 5.37. The normalized spacial score (nSPS) is 11.9. The van der Waals surface area contributed by atoms with E-state index < -0.39 is 13.2 Å². The second kappa shape index (κ2) is 7.36. The highest BCUT2D eigenvalue weighted by atomic mass is 79.9. The molecule has 0 aromatic heterocycles. The van der Waals surface area contributed by atoms with Gasteiger partial charge in [0.05, 0.1) is 12.2 Å². The van der Waals surface area contributed by atoms with Crippen molar-refractivity contribution in [2.45, 2.75) is 39.9 Å². The number of halogens is 1. The molecule has 0 fully saturated rings. The second-order valence-corrected chi connectivity index (χ2v) is 7.48. The molecule has 0 heterocycles. The van der Waals surface area contributed by atoms with E-state index in [1.54, 1.807) is 52.0 Å². The molecule has 1 aromatic carbocycles. The van der Waals surface area contributed by atoms with Gasteiger partial charge in [-0.15, -0.1) is 0 Å². The van der Waals surface area contributed by atoms with Gasteiger partial charge in [-0.05, 0) is 52.0 Å². The predicted molar refractivity (Wildman–Crippen MR) is 83.2 cm³/mol. The Balaban J connectivity index is 2.88. The third-order valence-electron chi connectivity index (χ3n) is 2.04. The van der Waals surface area contributed by atoms with Crippen LogP contribution in [-0.4, -0.2) is 17.9 Å². The minimum atomic E-state index is -3.86. The van der Waals surface area contributed by atoms with Crippen molar-refractivity contribution in [3.63, 3.8) is 0 Å². The molecule has 0 aliphatic rings. The first-order valence-electron chi connectivity index (χ1n) is 6.27. The molecule has 0 aliphatic carbocycles. The van der Waals surface area contributed by atoms with E-state index in [4.69, 9.17) is 9.05 Å². The molecule has 0 saturated heterocycles. The van der Waals surface area contributed by atoms with E-state index in [0.29, 0.717) is 5.69 Å². The van der Waals surface area contributed by atoms with Crippen LogP contribution < -0.4 is 5.32 Å². The Kier molecular flexibility index (Phi) is 6.40. The lowest BCUT2D eigenvalue weighted by Crippen LogP contribution is -2.18. The molecule has 1 N–H and O–H groups in total. The van der Waals surface area contributed by atoms with Crippen LogP contribution in [0, 0.1) is 0 Å². The van der Waals surface area contributed by atoms with Gasteiger partial charge in [-0.3, -0.25) is 13.8 Å². The van der Waals surface area contributed by atoms with Crippen LogP contribution in [-0.2, 0) is 13.6 Å². The van der Waals surface area contributed by atoms with Crippen molar-refractivity contribution in [1.29, 1.82) is 0 Å². The summed E-state index contributed by atoms with van der Waals surface area (Å²) >= 11 is 3.30. The molecule has 20 heavy (non-hydrogen) atoms. The van der Waals surface area contributed by atoms with Gasteiger partial charge in [-0.2, -0.15) is 0 Å². The third-order valence-corrected chi connectivity index (χ3v) is 4.58. The van der Waals surface area contributed by atoms with Gasteiger partial charge in [0.15, 0.2) is 0 Å². The minimum Gasteiger partial charge on any atom is -0.316 e. The van der Waals surface area contributed by atoms with Crippen molar-refractivity contribution >= 4 is 34.9 Å². The molecule has 0 bridgehead atoms. The number of carbonyl (C=O) groups excluding carboxylic acids is 1. The van der Waals surface area contributed by atoms with Crippen LogP contribution in [0.2, 0.25) is 0 Å². The zero-order chi connectivity index (χ0) is 15.3. The molecule has 0 spiro atoms. The van der Waals surface area contributed by atoms with Gasteiger partial charge in [0.1, 0.15) is 0 Å². The van der Waals surface area contributed by atoms with Crippen LogP contribution in [0.15, 0.2) is 28.7 Å². The molecule has 0 radical (unpaired) electrons. The average Bonchev–Trinajstić information content (AvgIpc) is 2.29. The number of carbonyl (C=O) groups is 1. The summed E-state index contributed by atoms with van der Waals surface area (Å²) in [5.41, 5.74) is -0.236. The summed E-state index contributed by atoms with van der Waals surface area (Å²) in [4.78, 5) is 12.2. The molecule has 112 valence electrons. The minimum absolute atomic E-state index is 0.379. The van der Waals surface area contributed by atoms with Crippen molar-refractivity contribution in [1.82, 2.24) is 0 Å². The van der Waals surface area contributed by atoms with E-state index in [2.05, 4.69) is 21.2 Å². The van der Waals surface area contributed by atoms with Gasteiger partial charge in [0, 0.05) is 10.2 Å². The van der Waals surface area contributed by atoms with Crippen LogP contribution >= 0.6 is 23.5 Å². The number of rotatable bonds is 6. The second-order valence-electron chi connectivity index (χ2n) is 4.74. The molecule has 1 rings (SSSR count). The Hall–Kier alpha value is -0.680. The van der Waals surface area contributed by atoms with Crippen molar-refractivity contribution in [2.75, 3.05) is 5.32 Å². The van der Waals surface area contributed by atoms with Gasteiger partial charge in [0.2, 0.25) is 0 Å². The van der Waals surface area contributed by atoms with E-state index in [0.717, 1.165) is 4.47 Å². The van der Waals surface area contributed by atoms with Gasteiger partial charge in [-0.25, -0.2) is 4.57 Å². The summed E-state index contributed by atoms with van der Waals surface area (Å²) in [5, 5.41) is 2.55. The SMILES string of the molecule is CC(C)OP(=O)(OC(C)C)C(=O)Nc1ccc(Br)cc1. The van der Waals surface area contributed by atoms with E-state index in [-0.39, 0.29) is 12.2 Å². The van der Waals surface area contributed by atoms with Crippen LogP contribution in [0.3, 0.4) is 0 Å². The molecular weight excluding hydrogens is 345 g/mol. The molecular formula is C13H19BrNO4P. The maximum Gasteiger partial charge on any atom is 0.419 e. The van der Waals surface area contributed by atoms with Crippen molar-refractivity contribution < 1.29 is 18.4 Å². The molecule has 0 aliphatic heterocycles. The fourth-order valence-corrected chi connectivity index (χ4v) is 3.28. The fraction of sp³-hybridized carbons (Fsp3) is 0.462. The highest BCUT2D eigenvalue weighted by Gasteiger charge is 2.37. The number of hydrogen-bond donors (Lipinski definition) is 1. The lowest BCUT2D eigenvalue weighted by molar-refractivity contribution is 0.145. The zero-order valence-corrected chi connectivity index (χ0v) is 14.4. The molecule has 5 nitrogen and oxygen atoms in total. The molecule has 0 saturated carbocycles. The quantitative estimate of drug-likeness (QED) is 0.720. The van der Waals surface area contributed by atoms with Crippen molar-refractivity contribution in [2.24, 2.45) is 0 Å². The molecule has 0 unspecified atom stereocenters. The largest absolute Gasteiger partial charge is 0.419 e. The Morgan fingerprint density at radius 1 is 1.10 bits per heavy atom. The first kappa shape index (κ1) is 17.4.